The minimum absolute atomic E-state index is 0.197. The summed E-state index contributed by atoms with van der Waals surface area (Å²) in [5.41, 5.74) is 0.281. The number of nitrogens with one attached hydrogen (secondary N) is 1. The van der Waals surface area contributed by atoms with Gasteiger partial charge in [0.1, 0.15) is 6.54 Å². The zero-order valence-electron chi connectivity index (χ0n) is 14.0. The molecule has 0 aliphatic heterocycles. The summed E-state index contributed by atoms with van der Waals surface area (Å²) in [6.07, 6.45) is 1.25. The molecular formula is C17H12BrF2N3O4S. The van der Waals surface area contributed by atoms with Gasteiger partial charge in [-0.05, 0) is 42.5 Å². The lowest BCUT2D eigenvalue weighted by Crippen LogP contribution is -2.27. The summed E-state index contributed by atoms with van der Waals surface area (Å²) in [5.74, 6) is -4.09. The van der Waals surface area contributed by atoms with Crippen molar-refractivity contribution in [2.45, 2.75) is 17.2 Å². The number of nitrogens with zero attached hydrogens (tertiary/aromatic N) is 2. The molecule has 146 valence electrons. The third-order valence-electron chi connectivity index (χ3n) is 3.80. The predicted octanol–water partition coefficient (Wildman–Crippen LogP) is 2.79. The van der Waals surface area contributed by atoms with Gasteiger partial charge < -0.3 is 5.32 Å². The van der Waals surface area contributed by atoms with Crippen LogP contribution < -0.4 is 10.9 Å². The molecule has 2 aromatic carbocycles. The molecule has 1 amide bonds. The zero-order chi connectivity index (χ0) is 20.5. The molecule has 28 heavy (non-hydrogen) atoms. The average molecular weight is 472 g/mol. The fourth-order valence-corrected chi connectivity index (χ4v) is 3.51. The number of aromatic nitrogens is 2. The van der Waals surface area contributed by atoms with E-state index in [2.05, 4.69) is 26.2 Å². The summed E-state index contributed by atoms with van der Waals surface area (Å²) in [6.45, 7) is -0.328. The van der Waals surface area contributed by atoms with Gasteiger partial charge in [0.2, 0.25) is 15.7 Å². The molecule has 0 aliphatic rings. The van der Waals surface area contributed by atoms with Crippen molar-refractivity contribution in [3.05, 3.63) is 63.6 Å². The molecule has 0 fully saturated rings. The van der Waals surface area contributed by atoms with Gasteiger partial charge in [0.25, 0.3) is 5.56 Å². The Hall–Kier alpha value is -2.66. The van der Waals surface area contributed by atoms with Crippen LogP contribution in [0.1, 0.15) is 0 Å². The van der Waals surface area contributed by atoms with Gasteiger partial charge in [-0.1, -0.05) is 15.9 Å². The summed E-state index contributed by atoms with van der Waals surface area (Å²) in [6, 6.07) is 9.32. The van der Waals surface area contributed by atoms with Crippen molar-refractivity contribution in [2.24, 2.45) is 0 Å². The molecule has 0 spiro atoms. The molecular weight excluding hydrogens is 460 g/mol. The first-order chi connectivity index (χ1) is 13.2. The van der Waals surface area contributed by atoms with Crippen LogP contribution in [0.25, 0.3) is 10.9 Å². The third-order valence-corrected chi connectivity index (χ3v) is 5.69. The second-order valence-corrected chi connectivity index (χ2v) is 8.55. The number of hydrogen-bond donors (Lipinski definition) is 1. The normalized spacial score (nSPS) is 11.7. The summed E-state index contributed by atoms with van der Waals surface area (Å²) in [5, 5.41) is 2.81. The second-order valence-electron chi connectivity index (χ2n) is 5.72. The number of carbonyl (C=O) groups is 1. The van der Waals surface area contributed by atoms with Gasteiger partial charge in [0.05, 0.1) is 22.1 Å². The van der Waals surface area contributed by atoms with Gasteiger partial charge in [-0.25, -0.2) is 13.4 Å². The molecule has 0 unspecified atom stereocenters. The van der Waals surface area contributed by atoms with E-state index in [1.165, 1.54) is 18.5 Å². The molecule has 3 aromatic rings. The van der Waals surface area contributed by atoms with E-state index in [4.69, 9.17) is 0 Å². The van der Waals surface area contributed by atoms with Gasteiger partial charge >= 0.3 is 5.76 Å². The van der Waals surface area contributed by atoms with Crippen molar-refractivity contribution in [2.75, 3.05) is 5.32 Å². The molecule has 1 heterocycles. The standard InChI is InChI=1S/C17H12BrF2N3O4S/c18-10-1-6-14-13(7-10)16(25)23(9-21-14)8-15(24)22-11-2-4-12(5-3-11)28(26,27)17(19)20/h1-7,9,17H,8H2,(H,22,24). The molecule has 0 saturated carbocycles. The maximum absolute atomic E-state index is 12.5. The number of alkyl halides is 2. The van der Waals surface area contributed by atoms with E-state index >= 15 is 0 Å². The Morgan fingerprint density at radius 1 is 1.18 bits per heavy atom. The highest BCUT2D eigenvalue weighted by Gasteiger charge is 2.26. The minimum atomic E-state index is -4.70. The number of carbonyl (C=O) groups excluding carboxylic acids is 1. The average Bonchev–Trinajstić information content (AvgIpc) is 2.65. The molecule has 7 nitrogen and oxygen atoms in total. The zero-order valence-corrected chi connectivity index (χ0v) is 16.4. The fourth-order valence-electron chi connectivity index (χ4n) is 2.43. The van der Waals surface area contributed by atoms with Crippen LogP contribution in [0.2, 0.25) is 0 Å². The number of amides is 1. The highest BCUT2D eigenvalue weighted by molar-refractivity contribution is 9.10. The molecule has 0 radical (unpaired) electrons. The van der Waals surface area contributed by atoms with Gasteiger partial charge in [-0.3, -0.25) is 14.2 Å². The van der Waals surface area contributed by atoms with Crippen LogP contribution in [-0.2, 0) is 21.2 Å². The lowest BCUT2D eigenvalue weighted by Gasteiger charge is -2.09. The van der Waals surface area contributed by atoms with E-state index < -0.39 is 32.0 Å². The van der Waals surface area contributed by atoms with Crippen molar-refractivity contribution in [1.29, 1.82) is 0 Å². The van der Waals surface area contributed by atoms with Crippen molar-refractivity contribution in [1.82, 2.24) is 9.55 Å². The second kappa shape index (κ2) is 7.76. The number of rotatable bonds is 5. The van der Waals surface area contributed by atoms with Crippen LogP contribution in [0.4, 0.5) is 14.5 Å². The third kappa shape index (κ3) is 4.09. The largest absolute Gasteiger partial charge is 0.341 e. The Balaban J connectivity index is 1.77. The van der Waals surface area contributed by atoms with Crippen molar-refractivity contribution in [3.8, 4) is 0 Å². The van der Waals surface area contributed by atoms with E-state index in [1.807, 2.05) is 0 Å². The van der Waals surface area contributed by atoms with E-state index in [-0.39, 0.29) is 12.2 Å². The molecule has 0 bridgehead atoms. The number of fused-ring (bicyclic) bond motifs is 1. The van der Waals surface area contributed by atoms with Crippen molar-refractivity contribution in [3.63, 3.8) is 0 Å². The SMILES string of the molecule is O=C(Cn1cnc2ccc(Br)cc2c1=O)Nc1ccc(S(=O)(=O)C(F)F)cc1. The summed E-state index contributed by atoms with van der Waals surface area (Å²) in [7, 11) is -4.70. The first kappa shape index (κ1) is 20.1. The monoisotopic (exact) mass is 471 g/mol. The molecule has 0 saturated heterocycles. The lowest BCUT2D eigenvalue weighted by atomic mass is 10.2. The maximum Gasteiger partial charge on any atom is 0.341 e. The van der Waals surface area contributed by atoms with Gasteiger partial charge in [0, 0.05) is 10.2 Å². The topological polar surface area (TPSA) is 98.1 Å². The molecule has 0 atom stereocenters. The number of hydrogen-bond acceptors (Lipinski definition) is 5. The molecule has 1 aromatic heterocycles. The van der Waals surface area contributed by atoms with Gasteiger partial charge in [-0.15, -0.1) is 0 Å². The summed E-state index contributed by atoms with van der Waals surface area (Å²) >= 11 is 3.27. The number of halogens is 3. The van der Waals surface area contributed by atoms with Crippen LogP contribution >= 0.6 is 15.9 Å². The first-order valence-corrected chi connectivity index (χ1v) is 10.1. The van der Waals surface area contributed by atoms with Crippen LogP contribution in [0.5, 0.6) is 0 Å². The Kier molecular flexibility index (Phi) is 5.57. The van der Waals surface area contributed by atoms with E-state index in [9.17, 15) is 26.8 Å². The van der Waals surface area contributed by atoms with E-state index in [0.717, 1.165) is 16.7 Å². The van der Waals surface area contributed by atoms with Crippen LogP contribution in [0, 0.1) is 0 Å². The number of anilines is 1. The minimum Gasteiger partial charge on any atom is -0.325 e. The highest BCUT2D eigenvalue weighted by Crippen LogP contribution is 2.20. The Bertz CT molecular complexity index is 1210. The van der Waals surface area contributed by atoms with E-state index in [0.29, 0.717) is 15.4 Å². The molecule has 1 N–H and O–H groups in total. The summed E-state index contributed by atoms with van der Waals surface area (Å²) in [4.78, 5) is 28.2. The van der Waals surface area contributed by atoms with Gasteiger partial charge in [0.15, 0.2) is 0 Å². The fraction of sp³-hybridized carbons (Fsp3) is 0.118. The molecule has 3 rings (SSSR count). The molecule has 11 heteroatoms. The van der Waals surface area contributed by atoms with Crippen molar-refractivity contribution < 1.29 is 22.0 Å². The highest BCUT2D eigenvalue weighted by atomic mass is 79.9. The predicted molar refractivity (Wildman–Crippen MR) is 102 cm³/mol. The van der Waals surface area contributed by atoms with Gasteiger partial charge in [-0.2, -0.15) is 8.78 Å². The first-order valence-electron chi connectivity index (χ1n) is 7.75. The van der Waals surface area contributed by atoms with Crippen molar-refractivity contribution >= 4 is 48.3 Å². The lowest BCUT2D eigenvalue weighted by molar-refractivity contribution is -0.116. The smallest absolute Gasteiger partial charge is 0.325 e. The maximum atomic E-state index is 12.5. The Morgan fingerprint density at radius 3 is 2.50 bits per heavy atom. The van der Waals surface area contributed by atoms with E-state index in [1.54, 1.807) is 18.2 Å². The summed E-state index contributed by atoms with van der Waals surface area (Å²) < 4.78 is 49.7. The number of benzene rings is 2. The Morgan fingerprint density at radius 2 is 1.86 bits per heavy atom. The molecule has 0 aliphatic carbocycles. The van der Waals surface area contributed by atoms with Crippen LogP contribution in [0.15, 0.2) is 63.0 Å². The quantitative estimate of drug-likeness (QED) is 0.616. The number of sulfone groups is 1. The van der Waals surface area contributed by atoms with Crippen LogP contribution in [-0.4, -0.2) is 29.6 Å². The van der Waals surface area contributed by atoms with Crippen LogP contribution in [0.3, 0.4) is 0 Å². The Labute approximate surface area is 166 Å².